The topological polar surface area (TPSA) is 21.3 Å². The van der Waals surface area contributed by atoms with Crippen LogP contribution < -0.4 is 5.32 Å². The zero-order chi connectivity index (χ0) is 19.8. The van der Waals surface area contributed by atoms with Crippen molar-refractivity contribution in [1.29, 1.82) is 0 Å². The molecular formula is C19H28F6NOPd-. The van der Waals surface area contributed by atoms with Crippen LogP contribution in [0.15, 0.2) is 18.2 Å². The van der Waals surface area contributed by atoms with Gasteiger partial charge in [0.2, 0.25) is 0 Å². The molecule has 0 aromatic heterocycles. The minimum atomic E-state index is -4.86. The SMILES string of the molecule is CC1CC[C@](C)(CO[C@H](C)c2cc(C(F)(F)F)cc(C(F)(F)F)c2)NC1.[CH3-].[HH].[Pd]. The van der Waals surface area contributed by atoms with E-state index in [1.54, 1.807) is 0 Å². The van der Waals surface area contributed by atoms with Crippen LogP contribution in [-0.2, 0) is 37.5 Å². The summed E-state index contributed by atoms with van der Waals surface area (Å²) in [5.74, 6) is 0.526. The summed E-state index contributed by atoms with van der Waals surface area (Å²) in [5.41, 5.74) is -3.13. The Hall–Kier alpha value is -0.618. The number of alkyl halides is 6. The third-order valence-corrected chi connectivity index (χ3v) is 4.80. The summed E-state index contributed by atoms with van der Waals surface area (Å²) in [6.07, 6.45) is -8.79. The van der Waals surface area contributed by atoms with Gasteiger partial charge >= 0.3 is 12.4 Å². The van der Waals surface area contributed by atoms with Crippen LogP contribution in [-0.4, -0.2) is 18.7 Å². The number of halogens is 6. The fraction of sp³-hybridized carbons (Fsp3) is 0.632. The zero-order valence-electron chi connectivity index (χ0n) is 16.2. The van der Waals surface area contributed by atoms with E-state index in [4.69, 9.17) is 4.74 Å². The predicted molar refractivity (Wildman–Crippen MR) is 94.1 cm³/mol. The molecule has 3 atom stereocenters. The summed E-state index contributed by atoms with van der Waals surface area (Å²) < 4.78 is 83.4. The molecule has 9 heteroatoms. The van der Waals surface area contributed by atoms with E-state index in [-0.39, 0.29) is 53.1 Å². The van der Waals surface area contributed by atoms with Gasteiger partial charge in [-0.3, -0.25) is 0 Å². The van der Waals surface area contributed by atoms with Gasteiger partial charge in [-0.05, 0) is 62.9 Å². The van der Waals surface area contributed by atoms with Gasteiger partial charge in [0.15, 0.2) is 0 Å². The Morgan fingerprint density at radius 3 is 2.04 bits per heavy atom. The van der Waals surface area contributed by atoms with Crippen molar-refractivity contribution in [3.8, 4) is 0 Å². The molecule has 1 aromatic carbocycles. The predicted octanol–water partition coefficient (Wildman–Crippen LogP) is 6.27. The van der Waals surface area contributed by atoms with Crippen LogP contribution in [0.2, 0.25) is 0 Å². The number of ether oxygens (including phenoxy) is 1. The first kappa shape index (κ1) is 27.4. The largest absolute Gasteiger partial charge is 0.416 e. The Labute approximate surface area is 177 Å². The number of hydrogen-bond donors (Lipinski definition) is 1. The van der Waals surface area contributed by atoms with Gasteiger partial charge in [-0.25, -0.2) is 0 Å². The van der Waals surface area contributed by atoms with Crippen LogP contribution in [0.25, 0.3) is 0 Å². The van der Waals surface area contributed by atoms with Gasteiger partial charge in [-0.15, -0.1) is 0 Å². The molecule has 0 aliphatic carbocycles. The molecule has 168 valence electrons. The summed E-state index contributed by atoms with van der Waals surface area (Å²) >= 11 is 0. The molecule has 1 unspecified atom stereocenters. The number of benzene rings is 1. The number of hydrogen-bond acceptors (Lipinski definition) is 2. The molecule has 2 nitrogen and oxygen atoms in total. The number of rotatable bonds is 4. The minimum absolute atomic E-state index is 0. The normalized spacial score (nSPS) is 24.1. The summed E-state index contributed by atoms with van der Waals surface area (Å²) in [4.78, 5) is 0. The van der Waals surface area contributed by atoms with E-state index in [0.29, 0.717) is 5.92 Å². The molecular weight excluding hydrogens is 479 g/mol. The quantitative estimate of drug-likeness (QED) is 0.295. The van der Waals surface area contributed by atoms with Gasteiger partial charge in [0.25, 0.3) is 0 Å². The Balaban J connectivity index is 0. The molecule has 2 rings (SSSR count). The van der Waals surface area contributed by atoms with E-state index in [9.17, 15) is 26.3 Å². The second kappa shape index (κ2) is 9.93. The Bertz CT molecular complexity index is 598. The number of nitrogens with one attached hydrogen (secondary N) is 1. The fourth-order valence-corrected chi connectivity index (χ4v) is 2.92. The molecule has 1 heterocycles. The third-order valence-electron chi connectivity index (χ3n) is 4.80. The second-order valence-corrected chi connectivity index (χ2v) is 7.38. The zero-order valence-corrected chi connectivity index (χ0v) is 17.8. The molecule has 1 saturated heterocycles. The summed E-state index contributed by atoms with van der Waals surface area (Å²) in [5, 5.41) is 3.34. The molecule has 1 aliphatic heterocycles. The first-order chi connectivity index (χ1) is 11.8. The second-order valence-electron chi connectivity index (χ2n) is 7.38. The summed E-state index contributed by atoms with van der Waals surface area (Å²) in [6.45, 7) is 6.52. The molecule has 1 aromatic rings. The molecule has 0 amide bonds. The van der Waals surface area contributed by atoms with Crippen molar-refractivity contribution in [1.82, 2.24) is 5.32 Å². The van der Waals surface area contributed by atoms with Crippen molar-refractivity contribution in [3.63, 3.8) is 0 Å². The molecule has 0 radical (unpaired) electrons. The molecule has 0 spiro atoms. The van der Waals surface area contributed by atoms with Gasteiger partial charge < -0.3 is 17.5 Å². The van der Waals surface area contributed by atoms with Gasteiger partial charge in [-0.1, -0.05) is 6.92 Å². The maximum absolute atomic E-state index is 13.0. The van der Waals surface area contributed by atoms with Crippen molar-refractivity contribution >= 4 is 0 Å². The van der Waals surface area contributed by atoms with Gasteiger partial charge in [0, 0.05) is 27.4 Å². The summed E-state index contributed by atoms with van der Waals surface area (Å²) in [7, 11) is 0. The first-order valence-electron chi connectivity index (χ1n) is 8.46. The average Bonchev–Trinajstić information content (AvgIpc) is 2.54. The van der Waals surface area contributed by atoms with Crippen LogP contribution >= 0.6 is 0 Å². The van der Waals surface area contributed by atoms with Crippen molar-refractivity contribution in [2.24, 2.45) is 5.92 Å². The van der Waals surface area contributed by atoms with E-state index < -0.39 is 29.6 Å². The average molecular weight is 507 g/mol. The van der Waals surface area contributed by atoms with E-state index in [1.807, 2.05) is 6.92 Å². The maximum Gasteiger partial charge on any atom is 0.416 e. The van der Waals surface area contributed by atoms with Crippen molar-refractivity contribution < 1.29 is 52.9 Å². The van der Waals surface area contributed by atoms with Gasteiger partial charge in [0.1, 0.15) is 0 Å². The molecule has 28 heavy (non-hydrogen) atoms. The van der Waals surface area contributed by atoms with Gasteiger partial charge in [0.05, 0.1) is 23.8 Å². The van der Waals surface area contributed by atoms with Crippen LogP contribution in [0, 0.1) is 13.3 Å². The molecule has 1 N–H and O–H groups in total. The van der Waals surface area contributed by atoms with Crippen LogP contribution in [0.4, 0.5) is 26.3 Å². The smallest absolute Gasteiger partial charge is 0.372 e. The van der Waals surface area contributed by atoms with Crippen LogP contribution in [0.5, 0.6) is 0 Å². The fourth-order valence-electron chi connectivity index (χ4n) is 2.92. The van der Waals surface area contributed by atoms with Crippen molar-refractivity contribution in [2.45, 2.75) is 57.6 Å². The summed E-state index contributed by atoms with van der Waals surface area (Å²) in [6, 6.07) is 1.57. The third kappa shape index (κ3) is 7.33. The Morgan fingerprint density at radius 2 is 1.64 bits per heavy atom. The van der Waals surface area contributed by atoms with E-state index >= 15 is 0 Å². The molecule has 1 aliphatic rings. The van der Waals surface area contributed by atoms with Crippen LogP contribution in [0.3, 0.4) is 0 Å². The first-order valence-corrected chi connectivity index (χ1v) is 8.46. The maximum atomic E-state index is 13.0. The Kier molecular flexibility index (Phi) is 9.71. The van der Waals surface area contributed by atoms with Crippen molar-refractivity contribution in [2.75, 3.05) is 13.2 Å². The molecule has 1 fully saturated rings. The standard InChI is InChI=1S/C18H23F6NO.CH3.Pd.H2/c1-11-4-5-16(3,25-9-11)10-26-12(2)13-6-14(17(19,20)21)8-15(7-13)18(22,23)24;;;/h6-8,11-12,25H,4-5,9-10H2,1-3H3;1H3;;1H/q;-1;;/t11?,12-,16-;;;/m1.../s1. The van der Waals surface area contributed by atoms with Gasteiger partial charge in [-0.2, -0.15) is 26.3 Å². The van der Waals surface area contributed by atoms with Crippen LogP contribution in [0.1, 0.15) is 57.8 Å². The van der Waals surface area contributed by atoms with Crippen molar-refractivity contribution in [3.05, 3.63) is 42.3 Å². The minimum Gasteiger partial charge on any atom is -0.372 e. The van der Waals surface area contributed by atoms with E-state index in [2.05, 4.69) is 12.2 Å². The monoisotopic (exact) mass is 506 g/mol. The Morgan fingerprint density at radius 1 is 1.14 bits per heavy atom. The molecule has 0 bridgehead atoms. The molecule has 0 saturated carbocycles. The van der Waals surface area contributed by atoms with E-state index in [1.165, 1.54) is 6.92 Å². The number of piperidine rings is 1. The van der Waals surface area contributed by atoms with E-state index in [0.717, 1.165) is 31.5 Å².